The van der Waals surface area contributed by atoms with E-state index in [4.69, 9.17) is 16.0 Å². The Hall–Kier alpha value is -1.75. The third-order valence-corrected chi connectivity index (χ3v) is 3.03. The number of hydrogen-bond donors (Lipinski definition) is 0. The van der Waals surface area contributed by atoms with E-state index in [9.17, 15) is 9.59 Å². The number of carbonyl (C=O) groups excluding carboxylic acids is 1. The van der Waals surface area contributed by atoms with Gasteiger partial charge in [-0.2, -0.15) is 0 Å². The lowest BCUT2D eigenvalue weighted by atomic mass is 10.2. The predicted molar refractivity (Wildman–Crippen MR) is 70.2 cm³/mol. The molecule has 0 N–H and O–H groups in total. The molecule has 18 heavy (non-hydrogen) atoms. The van der Waals surface area contributed by atoms with Gasteiger partial charge in [-0.1, -0.05) is 0 Å². The van der Waals surface area contributed by atoms with Gasteiger partial charge in [0.1, 0.15) is 0 Å². The second kappa shape index (κ2) is 4.86. The van der Waals surface area contributed by atoms with Gasteiger partial charge >= 0.3 is 5.76 Å². The summed E-state index contributed by atoms with van der Waals surface area (Å²) < 4.78 is 6.43. The molecule has 96 valence electrons. The molecule has 2 rings (SSSR count). The van der Waals surface area contributed by atoms with Gasteiger partial charge in [-0.3, -0.25) is 9.36 Å². The summed E-state index contributed by atoms with van der Waals surface area (Å²) in [6.07, 6.45) is 0.278. The maximum absolute atomic E-state index is 11.7. The van der Waals surface area contributed by atoms with Crippen molar-refractivity contribution in [3.05, 3.63) is 28.7 Å². The number of rotatable bonds is 3. The zero-order valence-electron chi connectivity index (χ0n) is 10.1. The van der Waals surface area contributed by atoms with E-state index in [0.29, 0.717) is 16.8 Å². The Morgan fingerprint density at radius 3 is 2.89 bits per heavy atom. The first-order valence-corrected chi connectivity index (χ1v) is 6.00. The molecule has 1 amide bonds. The molecule has 0 radical (unpaired) electrons. The average Bonchev–Trinajstić information content (AvgIpc) is 2.64. The minimum atomic E-state index is -0.420. The highest BCUT2D eigenvalue weighted by molar-refractivity contribution is 6.19. The molecule has 0 aliphatic carbocycles. The van der Waals surface area contributed by atoms with Gasteiger partial charge in [0.2, 0.25) is 5.91 Å². The van der Waals surface area contributed by atoms with E-state index in [2.05, 4.69) is 0 Å². The van der Waals surface area contributed by atoms with Gasteiger partial charge < -0.3 is 9.32 Å². The summed E-state index contributed by atoms with van der Waals surface area (Å²) in [7, 11) is 3.30. The Bertz CT molecular complexity index is 644. The van der Waals surface area contributed by atoms with E-state index in [-0.39, 0.29) is 18.2 Å². The van der Waals surface area contributed by atoms with Crippen molar-refractivity contribution in [3.63, 3.8) is 0 Å². The number of nitrogens with zero attached hydrogens (tertiary/aromatic N) is 2. The third kappa shape index (κ3) is 2.13. The lowest BCUT2D eigenvalue weighted by Gasteiger charge is -2.16. The van der Waals surface area contributed by atoms with Crippen LogP contribution < -0.4 is 10.7 Å². The molecular weight excluding hydrogens is 256 g/mol. The van der Waals surface area contributed by atoms with E-state index in [0.717, 1.165) is 0 Å². The number of amides is 1. The van der Waals surface area contributed by atoms with Crippen molar-refractivity contribution in [3.8, 4) is 0 Å². The fourth-order valence-electron chi connectivity index (χ4n) is 1.72. The molecule has 1 aromatic carbocycles. The van der Waals surface area contributed by atoms with Crippen LogP contribution in [0.2, 0.25) is 0 Å². The molecule has 0 saturated carbocycles. The van der Waals surface area contributed by atoms with Crippen molar-refractivity contribution in [2.45, 2.75) is 6.42 Å². The number of anilines is 1. The summed E-state index contributed by atoms with van der Waals surface area (Å²) >= 11 is 5.54. The molecule has 6 heteroatoms. The van der Waals surface area contributed by atoms with Crippen LogP contribution in [0.5, 0.6) is 0 Å². The van der Waals surface area contributed by atoms with Crippen LogP contribution in [-0.2, 0) is 11.8 Å². The van der Waals surface area contributed by atoms with E-state index >= 15 is 0 Å². The molecule has 5 nitrogen and oxygen atoms in total. The molecule has 2 aromatic rings. The highest BCUT2D eigenvalue weighted by Crippen LogP contribution is 2.20. The number of oxazole rings is 1. The summed E-state index contributed by atoms with van der Waals surface area (Å²) in [5, 5.41) is 0. The Labute approximate surface area is 109 Å². The van der Waals surface area contributed by atoms with Crippen molar-refractivity contribution in [1.82, 2.24) is 4.57 Å². The highest BCUT2D eigenvalue weighted by atomic mass is 35.5. The Balaban J connectivity index is 2.43. The number of carbonyl (C=O) groups is 1. The smallest absolute Gasteiger partial charge is 0.408 e. The first-order chi connectivity index (χ1) is 8.54. The van der Waals surface area contributed by atoms with Gasteiger partial charge in [0.05, 0.1) is 5.52 Å². The third-order valence-electron chi connectivity index (χ3n) is 2.84. The van der Waals surface area contributed by atoms with Crippen LogP contribution in [0.15, 0.2) is 27.4 Å². The number of halogens is 1. The van der Waals surface area contributed by atoms with Crippen molar-refractivity contribution < 1.29 is 9.21 Å². The quantitative estimate of drug-likeness (QED) is 0.797. The van der Waals surface area contributed by atoms with Gasteiger partial charge in [0.15, 0.2) is 5.58 Å². The van der Waals surface area contributed by atoms with E-state index in [1.165, 1.54) is 9.47 Å². The summed E-state index contributed by atoms with van der Waals surface area (Å²) in [4.78, 5) is 24.6. The van der Waals surface area contributed by atoms with Gasteiger partial charge in [-0.15, -0.1) is 11.6 Å². The van der Waals surface area contributed by atoms with Crippen LogP contribution in [0.25, 0.3) is 11.1 Å². The summed E-state index contributed by atoms with van der Waals surface area (Å²) in [6.45, 7) is 0. The SMILES string of the molecule is CN(C(=O)CCCl)c1ccc2oc(=O)n(C)c2c1. The monoisotopic (exact) mass is 268 g/mol. The molecule has 0 saturated heterocycles. The second-order valence-electron chi connectivity index (χ2n) is 3.97. The average molecular weight is 269 g/mol. The number of benzene rings is 1. The van der Waals surface area contributed by atoms with Gasteiger partial charge in [-0.25, -0.2) is 4.79 Å². The van der Waals surface area contributed by atoms with Gasteiger partial charge in [0, 0.05) is 32.1 Å². The normalized spacial score (nSPS) is 10.8. The van der Waals surface area contributed by atoms with Crippen LogP contribution in [0.3, 0.4) is 0 Å². The first kappa shape index (κ1) is 12.7. The number of fused-ring (bicyclic) bond motifs is 1. The molecule has 0 aliphatic heterocycles. The van der Waals surface area contributed by atoms with Gasteiger partial charge in [0.25, 0.3) is 0 Å². The number of aromatic nitrogens is 1. The van der Waals surface area contributed by atoms with E-state index < -0.39 is 5.76 Å². The first-order valence-electron chi connectivity index (χ1n) is 5.46. The topological polar surface area (TPSA) is 55.5 Å². The molecule has 0 bridgehead atoms. The van der Waals surface area contributed by atoms with Crippen molar-refractivity contribution in [2.75, 3.05) is 17.8 Å². The molecule has 0 atom stereocenters. The Kier molecular flexibility index (Phi) is 3.43. The summed E-state index contributed by atoms with van der Waals surface area (Å²) in [5.41, 5.74) is 1.86. The molecule has 0 spiro atoms. The maximum Gasteiger partial charge on any atom is 0.419 e. The zero-order valence-corrected chi connectivity index (χ0v) is 10.9. The maximum atomic E-state index is 11.7. The molecular formula is C12H13ClN2O3. The van der Waals surface area contributed by atoms with Crippen molar-refractivity contribution >= 4 is 34.3 Å². The van der Waals surface area contributed by atoms with Gasteiger partial charge in [-0.05, 0) is 18.2 Å². The number of aryl methyl sites for hydroxylation is 1. The Morgan fingerprint density at radius 2 is 2.22 bits per heavy atom. The Morgan fingerprint density at radius 1 is 1.50 bits per heavy atom. The van der Waals surface area contributed by atoms with E-state index in [1.54, 1.807) is 32.3 Å². The standard InChI is InChI=1S/C12H13ClN2O3/c1-14(11(16)5-6-13)8-3-4-10-9(7-8)15(2)12(17)18-10/h3-4,7H,5-6H2,1-2H3. The molecule has 0 fully saturated rings. The van der Waals surface area contributed by atoms with Crippen LogP contribution >= 0.6 is 11.6 Å². The van der Waals surface area contributed by atoms with Crippen molar-refractivity contribution in [2.24, 2.45) is 7.05 Å². The van der Waals surface area contributed by atoms with Crippen molar-refractivity contribution in [1.29, 1.82) is 0 Å². The van der Waals surface area contributed by atoms with Crippen LogP contribution in [-0.4, -0.2) is 23.4 Å². The zero-order chi connectivity index (χ0) is 13.3. The number of alkyl halides is 1. The molecule has 0 unspecified atom stereocenters. The fraction of sp³-hybridized carbons (Fsp3) is 0.333. The molecule has 1 heterocycles. The highest BCUT2D eigenvalue weighted by Gasteiger charge is 2.13. The van der Waals surface area contributed by atoms with E-state index in [1.807, 2.05) is 0 Å². The fourth-order valence-corrected chi connectivity index (χ4v) is 1.88. The molecule has 1 aromatic heterocycles. The largest absolute Gasteiger partial charge is 0.419 e. The van der Waals surface area contributed by atoms with Crippen LogP contribution in [0.4, 0.5) is 5.69 Å². The number of hydrogen-bond acceptors (Lipinski definition) is 3. The summed E-state index contributed by atoms with van der Waals surface area (Å²) in [6, 6.07) is 5.15. The lowest BCUT2D eigenvalue weighted by Crippen LogP contribution is -2.26. The lowest BCUT2D eigenvalue weighted by molar-refractivity contribution is -0.117. The van der Waals surface area contributed by atoms with Crippen LogP contribution in [0.1, 0.15) is 6.42 Å². The molecule has 0 aliphatic rings. The minimum Gasteiger partial charge on any atom is -0.408 e. The minimum absolute atomic E-state index is 0.0714. The predicted octanol–water partition coefficient (Wildman–Crippen LogP) is 1.72. The second-order valence-corrected chi connectivity index (χ2v) is 4.35. The summed E-state index contributed by atoms with van der Waals surface area (Å²) in [5.74, 6) is -0.204. The van der Waals surface area contributed by atoms with Crippen LogP contribution in [0, 0.1) is 0 Å².